The van der Waals surface area contributed by atoms with E-state index in [-0.39, 0.29) is 18.0 Å². The van der Waals surface area contributed by atoms with Crippen LogP contribution in [0.25, 0.3) is 11.2 Å². The van der Waals surface area contributed by atoms with Crippen LogP contribution < -0.4 is 20.7 Å². The van der Waals surface area contributed by atoms with Crippen LogP contribution in [0.15, 0.2) is 36.9 Å². The van der Waals surface area contributed by atoms with E-state index in [4.69, 9.17) is 10.5 Å². The molecule has 0 unspecified atom stereocenters. The van der Waals surface area contributed by atoms with Crippen molar-refractivity contribution in [3.05, 3.63) is 42.5 Å². The van der Waals surface area contributed by atoms with Gasteiger partial charge in [0.15, 0.2) is 17.0 Å². The summed E-state index contributed by atoms with van der Waals surface area (Å²) in [7, 11) is 5.40. The number of aliphatic hydroxyl groups excluding tert-OH is 1. The Balaban J connectivity index is 1.42. The molecule has 32 heavy (non-hydrogen) atoms. The molecule has 1 aliphatic carbocycles. The van der Waals surface area contributed by atoms with Gasteiger partial charge in [0.2, 0.25) is 5.91 Å². The van der Waals surface area contributed by atoms with Crippen LogP contribution in [0, 0.1) is 0 Å². The van der Waals surface area contributed by atoms with Gasteiger partial charge < -0.3 is 30.4 Å². The summed E-state index contributed by atoms with van der Waals surface area (Å²) in [5.74, 6) is 1.19. The van der Waals surface area contributed by atoms with Crippen LogP contribution in [-0.4, -0.2) is 69.9 Å². The molecular formula is C22H29N7O3. The Morgan fingerprint density at radius 3 is 2.72 bits per heavy atom. The average molecular weight is 440 g/mol. The molecule has 1 aliphatic rings. The summed E-state index contributed by atoms with van der Waals surface area (Å²) in [6, 6.07) is 6.12. The Morgan fingerprint density at radius 1 is 1.28 bits per heavy atom. The largest absolute Gasteiger partial charge is 0.497 e. The number of anilines is 1. The van der Waals surface area contributed by atoms with E-state index < -0.39 is 12.1 Å². The molecule has 0 radical (unpaired) electrons. The third-order valence-corrected chi connectivity index (χ3v) is 5.98. The molecule has 1 saturated carbocycles. The van der Waals surface area contributed by atoms with Gasteiger partial charge in [-0.05, 0) is 37.0 Å². The molecule has 0 spiro atoms. The smallest absolute Gasteiger partial charge is 0.237 e. The minimum Gasteiger partial charge on any atom is -0.497 e. The Hall–Kier alpha value is -3.24. The van der Waals surface area contributed by atoms with Crippen molar-refractivity contribution in [3.8, 4) is 5.75 Å². The zero-order valence-electron chi connectivity index (χ0n) is 18.5. The van der Waals surface area contributed by atoms with Crippen LogP contribution in [0.1, 0.15) is 24.4 Å². The number of carbonyl (C=O) groups is 1. The van der Waals surface area contributed by atoms with Gasteiger partial charge in [0.25, 0.3) is 0 Å². The average Bonchev–Trinajstić information content (AvgIpc) is 3.37. The first-order valence-electron chi connectivity index (χ1n) is 10.6. The number of carbonyl (C=O) groups excluding carboxylic acids is 1. The maximum atomic E-state index is 12.7. The van der Waals surface area contributed by atoms with Crippen LogP contribution in [0.2, 0.25) is 0 Å². The number of hydrogen-bond donors (Lipinski definition) is 3. The number of hydrogen-bond acceptors (Lipinski definition) is 8. The molecule has 1 aromatic carbocycles. The lowest BCUT2D eigenvalue weighted by Crippen LogP contribution is -2.49. The maximum absolute atomic E-state index is 12.7. The number of ether oxygens (including phenoxy) is 1. The van der Waals surface area contributed by atoms with Crippen molar-refractivity contribution in [1.82, 2.24) is 24.8 Å². The van der Waals surface area contributed by atoms with Crippen molar-refractivity contribution in [2.45, 2.75) is 43.5 Å². The minimum absolute atomic E-state index is 0.243. The Morgan fingerprint density at radius 2 is 2.03 bits per heavy atom. The van der Waals surface area contributed by atoms with E-state index in [0.29, 0.717) is 30.4 Å². The summed E-state index contributed by atoms with van der Waals surface area (Å²) >= 11 is 0. The molecule has 4 atom stereocenters. The molecule has 3 aromatic rings. The molecule has 0 saturated heterocycles. The van der Waals surface area contributed by atoms with Gasteiger partial charge in [-0.15, -0.1) is 0 Å². The van der Waals surface area contributed by atoms with Gasteiger partial charge in [0.1, 0.15) is 12.1 Å². The quantitative estimate of drug-likeness (QED) is 0.489. The van der Waals surface area contributed by atoms with Crippen LogP contribution >= 0.6 is 0 Å². The zero-order valence-corrected chi connectivity index (χ0v) is 18.5. The predicted octanol–water partition coefficient (Wildman–Crippen LogP) is 0.652. The monoisotopic (exact) mass is 439 g/mol. The third-order valence-electron chi connectivity index (χ3n) is 5.98. The molecule has 0 bridgehead atoms. The van der Waals surface area contributed by atoms with Gasteiger partial charge >= 0.3 is 0 Å². The third kappa shape index (κ3) is 4.23. The number of benzene rings is 1. The summed E-state index contributed by atoms with van der Waals surface area (Å²) in [6.45, 7) is 0. The fraction of sp³-hybridized carbons (Fsp3) is 0.455. The van der Waals surface area contributed by atoms with Gasteiger partial charge in [-0.2, -0.15) is 0 Å². The van der Waals surface area contributed by atoms with Crippen molar-refractivity contribution < 1.29 is 14.6 Å². The molecule has 10 heteroatoms. The standard InChI is InChI=1S/C22H29N7O3/c1-28(2)20-18-21(25-11-24-20)29(12-26-18)17-9-8-16(19(17)30)27-22(31)15(23)10-13-4-6-14(32-3)7-5-13/h4-7,11-12,15-17,19,30H,8-10,23H2,1-3H3,(H,27,31)/t15-,16+,17-,19-/m0/s1. The summed E-state index contributed by atoms with van der Waals surface area (Å²) in [5.41, 5.74) is 8.42. The number of methoxy groups -OCH3 is 1. The fourth-order valence-corrected chi connectivity index (χ4v) is 4.23. The number of amides is 1. The summed E-state index contributed by atoms with van der Waals surface area (Å²) in [4.78, 5) is 27.7. The van der Waals surface area contributed by atoms with Crippen molar-refractivity contribution in [3.63, 3.8) is 0 Å². The van der Waals surface area contributed by atoms with E-state index in [9.17, 15) is 9.90 Å². The van der Waals surface area contributed by atoms with E-state index in [0.717, 1.165) is 17.1 Å². The van der Waals surface area contributed by atoms with Gasteiger partial charge in [-0.1, -0.05) is 12.1 Å². The maximum Gasteiger partial charge on any atom is 0.237 e. The molecule has 1 fully saturated rings. The lowest BCUT2D eigenvalue weighted by Gasteiger charge is -2.23. The number of fused-ring (bicyclic) bond motifs is 1. The Bertz CT molecular complexity index is 1080. The first kappa shape index (κ1) is 22.0. The van der Waals surface area contributed by atoms with Crippen LogP contribution in [0.3, 0.4) is 0 Å². The highest BCUT2D eigenvalue weighted by Gasteiger charge is 2.38. The number of nitrogens with zero attached hydrogens (tertiary/aromatic N) is 5. The molecule has 2 aromatic heterocycles. The summed E-state index contributed by atoms with van der Waals surface area (Å²) in [5, 5.41) is 13.9. The lowest BCUT2D eigenvalue weighted by molar-refractivity contribution is -0.123. The van der Waals surface area contributed by atoms with Gasteiger partial charge in [0, 0.05) is 14.1 Å². The highest BCUT2D eigenvalue weighted by molar-refractivity contribution is 5.83. The van der Waals surface area contributed by atoms with Crippen molar-refractivity contribution >= 4 is 22.9 Å². The normalized spacial score (nSPS) is 21.5. The van der Waals surface area contributed by atoms with Gasteiger partial charge in [-0.3, -0.25) is 4.79 Å². The number of nitrogens with one attached hydrogen (secondary N) is 1. The first-order valence-corrected chi connectivity index (χ1v) is 10.6. The Labute approximate surface area is 186 Å². The van der Waals surface area contributed by atoms with E-state index in [2.05, 4.69) is 20.3 Å². The van der Waals surface area contributed by atoms with E-state index in [1.54, 1.807) is 13.4 Å². The van der Waals surface area contributed by atoms with Crippen molar-refractivity contribution in [2.24, 2.45) is 5.73 Å². The number of rotatable bonds is 7. The van der Waals surface area contributed by atoms with Crippen molar-refractivity contribution in [2.75, 3.05) is 26.1 Å². The molecule has 2 heterocycles. The highest BCUT2D eigenvalue weighted by atomic mass is 16.5. The molecular weight excluding hydrogens is 410 g/mol. The number of aromatic nitrogens is 4. The Kier molecular flexibility index (Phi) is 6.24. The molecule has 10 nitrogen and oxygen atoms in total. The van der Waals surface area contributed by atoms with Crippen molar-refractivity contribution in [1.29, 1.82) is 0 Å². The molecule has 1 amide bonds. The number of aliphatic hydroxyl groups is 1. The predicted molar refractivity (Wildman–Crippen MR) is 121 cm³/mol. The summed E-state index contributed by atoms with van der Waals surface area (Å²) in [6.07, 6.45) is 4.12. The summed E-state index contributed by atoms with van der Waals surface area (Å²) < 4.78 is 7.03. The second kappa shape index (κ2) is 9.09. The second-order valence-electron chi connectivity index (χ2n) is 8.32. The van der Waals surface area contributed by atoms with Gasteiger partial charge in [-0.25, -0.2) is 15.0 Å². The van der Waals surface area contributed by atoms with Crippen LogP contribution in [-0.2, 0) is 11.2 Å². The highest BCUT2D eigenvalue weighted by Crippen LogP contribution is 2.33. The topological polar surface area (TPSA) is 131 Å². The molecule has 4 rings (SSSR count). The minimum atomic E-state index is -0.776. The lowest BCUT2D eigenvalue weighted by atomic mass is 10.0. The zero-order chi connectivity index (χ0) is 22.8. The molecule has 0 aliphatic heterocycles. The van der Waals surface area contributed by atoms with E-state index in [1.807, 2.05) is 47.8 Å². The van der Waals surface area contributed by atoms with E-state index >= 15 is 0 Å². The second-order valence-corrected chi connectivity index (χ2v) is 8.32. The van der Waals surface area contributed by atoms with Gasteiger partial charge in [0.05, 0.1) is 37.7 Å². The fourth-order valence-electron chi connectivity index (χ4n) is 4.23. The first-order chi connectivity index (χ1) is 15.4. The number of imidazole rings is 1. The SMILES string of the molecule is COc1ccc(C[C@H](N)C(=O)N[C@@H]2CC[C@H](n3cnc4c(N(C)C)ncnc43)[C@H]2O)cc1. The molecule has 170 valence electrons. The van der Waals surface area contributed by atoms with Crippen LogP contribution in [0.5, 0.6) is 5.75 Å². The van der Waals surface area contributed by atoms with E-state index in [1.165, 1.54) is 6.33 Å². The number of nitrogens with two attached hydrogens (primary N) is 1. The van der Waals surface area contributed by atoms with Crippen LogP contribution in [0.4, 0.5) is 5.82 Å². The molecule has 4 N–H and O–H groups in total.